The van der Waals surface area contributed by atoms with Gasteiger partial charge in [-0.05, 0) is 13.0 Å². The van der Waals surface area contributed by atoms with Gasteiger partial charge in [0, 0.05) is 32.6 Å². The van der Waals surface area contributed by atoms with E-state index in [9.17, 15) is 4.79 Å². The number of aliphatic imine (C=N–C) groups is 1. The molecule has 2 rings (SSSR count). The van der Waals surface area contributed by atoms with Gasteiger partial charge in [0.25, 0.3) is 0 Å². The highest BCUT2D eigenvalue weighted by Gasteiger charge is 2.21. The third kappa shape index (κ3) is 4.13. The molecule has 120 valence electrons. The summed E-state index contributed by atoms with van der Waals surface area (Å²) in [6.45, 7) is 3.55. The minimum Gasteiger partial charge on any atom is -0.493 e. The Labute approximate surface area is 131 Å². The number of ether oxygens (including phenoxy) is 1. The summed E-state index contributed by atoms with van der Waals surface area (Å²) >= 11 is 0. The standard InChI is InChI=1S/C16H24N4O2/c1-4-17-16(18-11-15(21)20(2)3)19-13-9-10-22-14-8-6-5-7-12(13)14/h5-8,13H,4,9-11H2,1-3H3,(H2,17,18,19). The van der Waals surface area contributed by atoms with Crippen LogP contribution in [-0.4, -0.2) is 50.6 Å². The SMILES string of the molecule is CCNC(=NCC(=O)N(C)C)NC1CCOc2ccccc21. The monoisotopic (exact) mass is 304 g/mol. The van der Waals surface area contributed by atoms with Crippen molar-refractivity contribution in [2.45, 2.75) is 19.4 Å². The number of carbonyl (C=O) groups is 1. The third-order valence-electron chi connectivity index (χ3n) is 3.48. The van der Waals surface area contributed by atoms with Crippen molar-refractivity contribution >= 4 is 11.9 Å². The molecule has 1 aliphatic rings. The van der Waals surface area contributed by atoms with Crippen molar-refractivity contribution in [3.8, 4) is 5.75 Å². The summed E-state index contributed by atoms with van der Waals surface area (Å²) in [7, 11) is 3.46. The van der Waals surface area contributed by atoms with Crippen molar-refractivity contribution in [3.05, 3.63) is 29.8 Å². The maximum absolute atomic E-state index is 11.7. The molecule has 22 heavy (non-hydrogen) atoms. The van der Waals surface area contributed by atoms with E-state index < -0.39 is 0 Å². The van der Waals surface area contributed by atoms with Crippen LogP contribution in [-0.2, 0) is 4.79 Å². The Morgan fingerprint density at radius 1 is 1.41 bits per heavy atom. The number of nitrogens with one attached hydrogen (secondary N) is 2. The van der Waals surface area contributed by atoms with Crippen LogP contribution in [0.25, 0.3) is 0 Å². The Balaban J connectivity index is 2.08. The first kappa shape index (κ1) is 16.1. The van der Waals surface area contributed by atoms with Crippen molar-refractivity contribution in [1.29, 1.82) is 0 Å². The van der Waals surface area contributed by atoms with Crippen molar-refractivity contribution in [3.63, 3.8) is 0 Å². The van der Waals surface area contributed by atoms with Gasteiger partial charge >= 0.3 is 0 Å². The predicted octanol–water partition coefficient (Wildman–Crippen LogP) is 1.15. The number of nitrogens with zero attached hydrogens (tertiary/aromatic N) is 2. The van der Waals surface area contributed by atoms with Crippen LogP contribution in [0.3, 0.4) is 0 Å². The van der Waals surface area contributed by atoms with E-state index in [1.54, 1.807) is 14.1 Å². The average Bonchev–Trinajstić information content (AvgIpc) is 2.52. The number of hydrogen-bond donors (Lipinski definition) is 2. The number of rotatable bonds is 4. The van der Waals surface area contributed by atoms with Crippen molar-refractivity contribution in [1.82, 2.24) is 15.5 Å². The highest BCUT2D eigenvalue weighted by atomic mass is 16.5. The molecule has 2 N–H and O–H groups in total. The smallest absolute Gasteiger partial charge is 0.243 e. The largest absolute Gasteiger partial charge is 0.493 e. The molecule has 0 radical (unpaired) electrons. The molecular weight excluding hydrogens is 280 g/mol. The molecule has 1 unspecified atom stereocenters. The molecule has 0 saturated heterocycles. The van der Waals surface area contributed by atoms with E-state index in [4.69, 9.17) is 4.74 Å². The van der Waals surface area contributed by atoms with Gasteiger partial charge in [0.15, 0.2) is 5.96 Å². The van der Waals surface area contributed by atoms with Gasteiger partial charge in [-0.15, -0.1) is 0 Å². The Morgan fingerprint density at radius 3 is 2.91 bits per heavy atom. The Morgan fingerprint density at radius 2 is 2.18 bits per heavy atom. The van der Waals surface area contributed by atoms with E-state index in [1.807, 2.05) is 25.1 Å². The van der Waals surface area contributed by atoms with Gasteiger partial charge in [0.2, 0.25) is 5.91 Å². The quantitative estimate of drug-likeness (QED) is 0.647. The van der Waals surface area contributed by atoms with Crippen LogP contribution in [0.2, 0.25) is 0 Å². The fourth-order valence-corrected chi connectivity index (χ4v) is 2.27. The van der Waals surface area contributed by atoms with Crippen molar-refractivity contribution in [2.24, 2.45) is 4.99 Å². The molecule has 1 amide bonds. The Bertz CT molecular complexity index is 543. The fraction of sp³-hybridized carbons (Fsp3) is 0.500. The second-order valence-corrected chi connectivity index (χ2v) is 5.36. The predicted molar refractivity (Wildman–Crippen MR) is 87.1 cm³/mol. The highest BCUT2D eigenvalue weighted by Crippen LogP contribution is 2.31. The van der Waals surface area contributed by atoms with Gasteiger partial charge in [-0.2, -0.15) is 0 Å². The molecular formula is C16H24N4O2. The van der Waals surface area contributed by atoms with Crippen LogP contribution >= 0.6 is 0 Å². The summed E-state index contributed by atoms with van der Waals surface area (Å²) in [5.41, 5.74) is 1.12. The first-order valence-electron chi connectivity index (χ1n) is 7.58. The summed E-state index contributed by atoms with van der Waals surface area (Å²) in [5.74, 6) is 1.54. The minimum absolute atomic E-state index is 0.0235. The average molecular weight is 304 g/mol. The zero-order valence-electron chi connectivity index (χ0n) is 13.4. The van der Waals surface area contributed by atoms with E-state index in [1.165, 1.54) is 4.90 Å². The zero-order chi connectivity index (χ0) is 15.9. The first-order valence-corrected chi connectivity index (χ1v) is 7.58. The molecule has 0 aliphatic carbocycles. The number of guanidine groups is 1. The van der Waals surface area contributed by atoms with Crippen LogP contribution in [0.5, 0.6) is 5.75 Å². The Hall–Kier alpha value is -2.24. The summed E-state index contributed by atoms with van der Waals surface area (Å²) in [5, 5.41) is 6.58. The molecule has 6 nitrogen and oxygen atoms in total. The lowest BCUT2D eigenvalue weighted by molar-refractivity contribution is -0.127. The van der Waals surface area contributed by atoms with Crippen LogP contribution < -0.4 is 15.4 Å². The second-order valence-electron chi connectivity index (χ2n) is 5.36. The number of likely N-dealkylation sites (N-methyl/N-ethyl adjacent to an activating group) is 1. The van der Waals surface area contributed by atoms with Crippen LogP contribution in [0.4, 0.5) is 0 Å². The molecule has 0 saturated carbocycles. The lowest BCUT2D eigenvalue weighted by Gasteiger charge is -2.28. The van der Waals surface area contributed by atoms with E-state index >= 15 is 0 Å². The number of benzene rings is 1. The van der Waals surface area contributed by atoms with Gasteiger partial charge < -0.3 is 20.3 Å². The Kier molecular flexibility index (Phi) is 5.63. The van der Waals surface area contributed by atoms with Gasteiger partial charge in [-0.3, -0.25) is 4.79 Å². The van der Waals surface area contributed by atoms with E-state index in [0.29, 0.717) is 12.6 Å². The molecule has 0 fully saturated rings. The number of amides is 1. The lowest BCUT2D eigenvalue weighted by Crippen LogP contribution is -2.41. The summed E-state index contributed by atoms with van der Waals surface area (Å²) < 4.78 is 5.66. The molecule has 1 heterocycles. The molecule has 0 bridgehead atoms. The molecule has 6 heteroatoms. The fourth-order valence-electron chi connectivity index (χ4n) is 2.27. The van der Waals surface area contributed by atoms with Gasteiger partial charge in [0.1, 0.15) is 12.3 Å². The van der Waals surface area contributed by atoms with Gasteiger partial charge in [-0.25, -0.2) is 4.99 Å². The maximum atomic E-state index is 11.7. The second kappa shape index (κ2) is 7.68. The number of carbonyl (C=O) groups excluding carboxylic acids is 1. The van der Waals surface area contributed by atoms with Crippen LogP contribution in [0.1, 0.15) is 24.9 Å². The third-order valence-corrected chi connectivity index (χ3v) is 3.48. The van der Waals surface area contributed by atoms with E-state index in [-0.39, 0.29) is 18.5 Å². The molecule has 0 aromatic heterocycles. The maximum Gasteiger partial charge on any atom is 0.243 e. The summed E-state index contributed by atoms with van der Waals surface area (Å²) in [6.07, 6.45) is 0.864. The number of para-hydroxylation sites is 1. The minimum atomic E-state index is -0.0235. The normalized spacial score (nSPS) is 17.2. The lowest BCUT2D eigenvalue weighted by atomic mass is 10.0. The van der Waals surface area contributed by atoms with Crippen LogP contribution in [0, 0.1) is 0 Å². The number of fused-ring (bicyclic) bond motifs is 1. The molecule has 1 aliphatic heterocycles. The van der Waals surface area contributed by atoms with Crippen molar-refractivity contribution in [2.75, 3.05) is 33.8 Å². The molecule has 0 spiro atoms. The van der Waals surface area contributed by atoms with Gasteiger partial charge in [-0.1, -0.05) is 18.2 Å². The first-order chi connectivity index (χ1) is 10.6. The zero-order valence-corrected chi connectivity index (χ0v) is 13.4. The highest BCUT2D eigenvalue weighted by molar-refractivity contribution is 5.85. The summed E-state index contributed by atoms with van der Waals surface area (Å²) in [6, 6.07) is 8.14. The van der Waals surface area contributed by atoms with Gasteiger partial charge in [0.05, 0.1) is 12.6 Å². The topological polar surface area (TPSA) is 66.0 Å². The van der Waals surface area contributed by atoms with Crippen LogP contribution in [0.15, 0.2) is 29.3 Å². The van der Waals surface area contributed by atoms with Crippen molar-refractivity contribution < 1.29 is 9.53 Å². The summed E-state index contributed by atoms with van der Waals surface area (Å²) in [4.78, 5) is 17.6. The van der Waals surface area contributed by atoms with E-state index in [2.05, 4.69) is 21.7 Å². The molecule has 1 aromatic carbocycles. The molecule has 1 atom stereocenters. The van der Waals surface area contributed by atoms with E-state index in [0.717, 1.165) is 24.3 Å². The molecule has 1 aromatic rings. The number of hydrogen-bond acceptors (Lipinski definition) is 3.